The predicted molar refractivity (Wildman–Crippen MR) is 83.8 cm³/mol. The molecule has 106 valence electrons. The second kappa shape index (κ2) is 5.93. The van der Waals surface area contributed by atoms with Crippen LogP contribution in [0.4, 0.5) is 0 Å². The van der Waals surface area contributed by atoms with Crippen molar-refractivity contribution >= 4 is 17.2 Å². The Balaban J connectivity index is 1.71. The highest BCUT2D eigenvalue weighted by Gasteiger charge is 2.07. The summed E-state index contributed by atoms with van der Waals surface area (Å²) >= 11 is 1.60. The predicted octanol–water partition coefficient (Wildman–Crippen LogP) is 3.17. The number of hydrogen-bond acceptors (Lipinski definition) is 3. The summed E-state index contributed by atoms with van der Waals surface area (Å²) in [6, 6.07) is 11.5. The largest absolute Gasteiger partial charge is 0.347 e. The molecule has 0 saturated carbocycles. The lowest BCUT2D eigenvalue weighted by molar-refractivity contribution is 0.0951. The number of thiazole rings is 1. The molecule has 0 aliphatic heterocycles. The number of nitrogens with zero attached hydrogens (tertiary/aromatic N) is 2. The van der Waals surface area contributed by atoms with Crippen LogP contribution in [0.15, 0.2) is 55.0 Å². The van der Waals surface area contributed by atoms with E-state index in [-0.39, 0.29) is 5.91 Å². The van der Waals surface area contributed by atoms with Crippen LogP contribution in [0.3, 0.4) is 0 Å². The van der Waals surface area contributed by atoms with Gasteiger partial charge < -0.3 is 9.88 Å². The molecule has 4 nitrogen and oxygen atoms in total. The molecule has 0 radical (unpaired) electrons. The lowest BCUT2D eigenvalue weighted by atomic mass is 10.2. The minimum Gasteiger partial charge on any atom is -0.347 e. The maximum absolute atomic E-state index is 12.2. The van der Waals surface area contributed by atoms with Crippen molar-refractivity contribution in [3.63, 3.8) is 0 Å². The molecule has 5 heteroatoms. The molecule has 1 amide bonds. The summed E-state index contributed by atoms with van der Waals surface area (Å²) in [5, 5.41) is 3.93. The first kappa shape index (κ1) is 13.6. The standard InChI is InChI=1S/C16H15N3OS/c1-12-17-10-15(21-12)11-18-16(20)13-5-4-6-14(9-13)19-7-2-3-8-19/h2-10H,11H2,1H3,(H,18,20). The van der Waals surface area contributed by atoms with Gasteiger partial charge in [0.2, 0.25) is 0 Å². The third-order valence-corrected chi connectivity index (χ3v) is 4.02. The highest BCUT2D eigenvalue weighted by Crippen LogP contribution is 2.13. The topological polar surface area (TPSA) is 46.9 Å². The summed E-state index contributed by atoms with van der Waals surface area (Å²) in [7, 11) is 0. The number of hydrogen-bond donors (Lipinski definition) is 1. The first-order chi connectivity index (χ1) is 10.2. The summed E-state index contributed by atoms with van der Waals surface area (Å²) in [6.07, 6.45) is 5.71. The summed E-state index contributed by atoms with van der Waals surface area (Å²) in [4.78, 5) is 17.4. The van der Waals surface area contributed by atoms with Crippen molar-refractivity contribution in [3.05, 3.63) is 70.4 Å². The number of benzene rings is 1. The van der Waals surface area contributed by atoms with Gasteiger partial charge >= 0.3 is 0 Å². The molecule has 0 atom stereocenters. The molecule has 2 aromatic heterocycles. The van der Waals surface area contributed by atoms with E-state index in [1.54, 1.807) is 17.5 Å². The van der Waals surface area contributed by atoms with Gasteiger partial charge in [-0.1, -0.05) is 6.07 Å². The number of amides is 1. The molecule has 0 unspecified atom stereocenters. The molecule has 0 aliphatic carbocycles. The monoisotopic (exact) mass is 297 g/mol. The van der Waals surface area contributed by atoms with Gasteiger partial charge in [0.15, 0.2) is 0 Å². The smallest absolute Gasteiger partial charge is 0.251 e. The molecule has 0 bridgehead atoms. The molecule has 21 heavy (non-hydrogen) atoms. The van der Waals surface area contributed by atoms with Crippen molar-refractivity contribution in [3.8, 4) is 5.69 Å². The lowest BCUT2D eigenvalue weighted by Crippen LogP contribution is -2.22. The van der Waals surface area contributed by atoms with E-state index < -0.39 is 0 Å². The number of carbonyl (C=O) groups is 1. The van der Waals surface area contributed by atoms with E-state index in [1.165, 1.54) is 0 Å². The second-order valence-electron chi connectivity index (χ2n) is 4.67. The van der Waals surface area contributed by atoms with Crippen molar-refractivity contribution in [2.45, 2.75) is 13.5 Å². The molecule has 0 spiro atoms. The van der Waals surface area contributed by atoms with Crippen LogP contribution in [0.1, 0.15) is 20.2 Å². The summed E-state index contributed by atoms with van der Waals surface area (Å²) in [6.45, 7) is 2.47. The Bertz CT molecular complexity index is 746. The third kappa shape index (κ3) is 3.20. The van der Waals surface area contributed by atoms with Gasteiger partial charge in [-0.3, -0.25) is 4.79 Å². The van der Waals surface area contributed by atoms with E-state index in [9.17, 15) is 4.79 Å². The van der Waals surface area contributed by atoms with Crippen LogP contribution in [-0.4, -0.2) is 15.5 Å². The summed E-state index contributed by atoms with van der Waals surface area (Å²) in [5.41, 5.74) is 1.63. The molecular weight excluding hydrogens is 282 g/mol. The maximum atomic E-state index is 12.2. The quantitative estimate of drug-likeness (QED) is 0.804. The Morgan fingerprint density at radius 1 is 1.29 bits per heavy atom. The Labute approximate surface area is 127 Å². The van der Waals surface area contributed by atoms with Crippen molar-refractivity contribution in [2.75, 3.05) is 0 Å². The minimum absolute atomic E-state index is 0.0740. The van der Waals surface area contributed by atoms with Crippen molar-refractivity contribution in [1.29, 1.82) is 0 Å². The van der Waals surface area contributed by atoms with E-state index in [1.807, 2.05) is 60.3 Å². The van der Waals surface area contributed by atoms with E-state index in [4.69, 9.17) is 0 Å². The van der Waals surface area contributed by atoms with Crippen LogP contribution >= 0.6 is 11.3 Å². The Kier molecular flexibility index (Phi) is 3.83. The Morgan fingerprint density at radius 3 is 2.81 bits per heavy atom. The van der Waals surface area contributed by atoms with Crippen LogP contribution in [0.25, 0.3) is 5.69 Å². The molecule has 2 heterocycles. The van der Waals surface area contributed by atoms with Gasteiger partial charge in [-0.05, 0) is 37.3 Å². The maximum Gasteiger partial charge on any atom is 0.251 e. The van der Waals surface area contributed by atoms with Crippen molar-refractivity contribution in [2.24, 2.45) is 0 Å². The first-order valence-electron chi connectivity index (χ1n) is 6.65. The fraction of sp³-hybridized carbons (Fsp3) is 0.125. The number of aromatic nitrogens is 2. The number of carbonyl (C=O) groups excluding carboxylic acids is 1. The Hall–Kier alpha value is -2.40. The van der Waals surface area contributed by atoms with Gasteiger partial charge in [-0.25, -0.2) is 4.98 Å². The SMILES string of the molecule is Cc1ncc(CNC(=O)c2cccc(-n3cccc3)c2)s1. The molecule has 1 N–H and O–H groups in total. The van der Waals surface area contributed by atoms with Gasteiger partial charge in [0.05, 0.1) is 11.6 Å². The van der Waals surface area contributed by atoms with Gasteiger partial charge in [-0.15, -0.1) is 11.3 Å². The molecule has 0 saturated heterocycles. The number of aryl methyl sites for hydroxylation is 1. The van der Waals surface area contributed by atoms with Gasteiger partial charge in [-0.2, -0.15) is 0 Å². The van der Waals surface area contributed by atoms with Crippen LogP contribution in [-0.2, 0) is 6.54 Å². The normalized spacial score (nSPS) is 10.5. The van der Waals surface area contributed by atoms with Crippen LogP contribution in [0.2, 0.25) is 0 Å². The zero-order chi connectivity index (χ0) is 14.7. The second-order valence-corrected chi connectivity index (χ2v) is 5.99. The fourth-order valence-electron chi connectivity index (χ4n) is 2.07. The highest BCUT2D eigenvalue weighted by atomic mass is 32.1. The average molecular weight is 297 g/mol. The molecule has 0 fully saturated rings. The van der Waals surface area contributed by atoms with Crippen LogP contribution < -0.4 is 5.32 Å². The van der Waals surface area contributed by atoms with Gasteiger partial charge in [0.1, 0.15) is 0 Å². The van der Waals surface area contributed by atoms with E-state index in [0.717, 1.165) is 15.6 Å². The van der Waals surface area contributed by atoms with Gasteiger partial charge in [0, 0.05) is 34.7 Å². The van der Waals surface area contributed by atoms with E-state index >= 15 is 0 Å². The summed E-state index contributed by atoms with van der Waals surface area (Å²) < 4.78 is 1.98. The summed E-state index contributed by atoms with van der Waals surface area (Å²) in [5.74, 6) is -0.0740. The molecular formula is C16H15N3OS. The van der Waals surface area contributed by atoms with Crippen molar-refractivity contribution < 1.29 is 4.79 Å². The van der Waals surface area contributed by atoms with Crippen LogP contribution in [0, 0.1) is 6.92 Å². The fourth-order valence-corrected chi connectivity index (χ4v) is 2.81. The minimum atomic E-state index is -0.0740. The third-order valence-electron chi connectivity index (χ3n) is 3.10. The lowest BCUT2D eigenvalue weighted by Gasteiger charge is -2.07. The number of nitrogens with one attached hydrogen (secondary N) is 1. The average Bonchev–Trinajstić information content (AvgIpc) is 3.16. The molecule has 3 aromatic rings. The van der Waals surface area contributed by atoms with E-state index in [0.29, 0.717) is 12.1 Å². The zero-order valence-electron chi connectivity index (χ0n) is 11.6. The highest BCUT2D eigenvalue weighted by molar-refractivity contribution is 7.11. The van der Waals surface area contributed by atoms with E-state index in [2.05, 4.69) is 10.3 Å². The van der Waals surface area contributed by atoms with Gasteiger partial charge in [0.25, 0.3) is 5.91 Å². The number of rotatable bonds is 4. The molecule has 3 rings (SSSR count). The zero-order valence-corrected chi connectivity index (χ0v) is 12.4. The molecule has 0 aliphatic rings. The van der Waals surface area contributed by atoms with Crippen LogP contribution in [0.5, 0.6) is 0 Å². The van der Waals surface area contributed by atoms with Crippen molar-refractivity contribution in [1.82, 2.24) is 14.9 Å². The molecule has 1 aromatic carbocycles. The Morgan fingerprint density at radius 2 is 2.10 bits per heavy atom. The first-order valence-corrected chi connectivity index (χ1v) is 7.47.